The fraction of sp³-hybridized carbons (Fsp3) is 0.375. The Morgan fingerprint density at radius 1 is 1.31 bits per heavy atom. The minimum absolute atomic E-state index is 0.0758. The van der Waals surface area contributed by atoms with Crippen LogP contribution in [0, 0.1) is 5.82 Å². The van der Waals surface area contributed by atoms with Crippen molar-refractivity contribution in [2.45, 2.75) is 5.75 Å². The van der Waals surface area contributed by atoms with Crippen LogP contribution in [0.25, 0.3) is 0 Å². The predicted octanol–water partition coefficient (Wildman–Crippen LogP) is 2.02. The van der Waals surface area contributed by atoms with Crippen molar-refractivity contribution in [3.8, 4) is 0 Å². The van der Waals surface area contributed by atoms with Gasteiger partial charge in [-0.25, -0.2) is 4.39 Å². The maximum Gasteiger partial charge on any atom is 0.286 e. The number of amides is 2. The lowest BCUT2D eigenvalue weighted by molar-refractivity contribution is -0.132. The highest BCUT2D eigenvalue weighted by Crippen LogP contribution is 2.19. The summed E-state index contributed by atoms with van der Waals surface area (Å²) in [6.07, 6.45) is 0. The molecule has 1 aliphatic heterocycles. The van der Waals surface area contributed by atoms with Gasteiger partial charge in [0.2, 0.25) is 10.9 Å². The van der Waals surface area contributed by atoms with Crippen LogP contribution >= 0.6 is 23.1 Å². The third-order valence-electron chi connectivity index (χ3n) is 3.56. The van der Waals surface area contributed by atoms with E-state index in [1.54, 1.807) is 11.0 Å². The summed E-state index contributed by atoms with van der Waals surface area (Å²) in [5.41, 5.74) is 0.359. The number of carbonyl (C=O) groups is 2. The van der Waals surface area contributed by atoms with Gasteiger partial charge in [0, 0.05) is 24.5 Å². The van der Waals surface area contributed by atoms with Crippen molar-refractivity contribution in [2.24, 2.45) is 0 Å². The van der Waals surface area contributed by atoms with Crippen LogP contribution < -0.4 is 5.32 Å². The largest absolute Gasteiger partial charge is 0.378 e. The number of morpholine rings is 1. The Morgan fingerprint density at radius 3 is 2.88 bits per heavy atom. The molecule has 2 heterocycles. The molecule has 1 saturated heterocycles. The van der Waals surface area contributed by atoms with Gasteiger partial charge in [0.05, 0.1) is 19.0 Å². The number of aromatic nitrogens is 2. The monoisotopic (exact) mass is 396 g/mol. The molecule has 0 aliphatic carbocycles. The van der Waals surface area contributed by atoms with Crippen LogP contribution in [0.5, 0.6) is 0 Å². The summed E-state index contributed by atoms with van der Waals surface area (Å²) in [6, 6.07) is 5.63. The Bertz CT molecular complexity index is 780. The number of nitrogens with zero attached hydrogens (tertiary/aromatic N) is 3. The van der Waals surface area contributed by atoms with E-state index >= 15 is 0 Å². The van der Waals surface area contributed by atoms with E-state index < -0.39 is 11.7 Å². The first-order chi connectivity index (χ1) is 12.6. The Kier molecular flexibility index (Phi) is 6.53. The number of benzene rings is 1. The fourth-order valence-electron chi connectivity index (χ4n) is 2.28. The smallest absolute Gasteiger partial charge is 0.286 e. The van der Waals surface area contributed by atoms with Gasteiger partial charge in [-0.3, -0.25) is 9.59 Å². The van der Waals surface area contributed by atoms with Gasteiger partial charge in [0.15, 0.2) is 0 Å². The molecule has 0 atom stereocenters. The van der Waals surface area contributed by atoms with Crippen LogP contribution in [0.2, 0.25) is 0 Å². The topological polar surface area (TPSA) is 84.4 Å². The average molecular weight is 396 g/mol. The van der Waals surface area contributed by atoms with Crippen LogP contribution in [0.1, 0.15) is 14.8 Å². The molecule has 0 saturated carbocycles. The molecule has 1 N–H and O–H groups in total. The van der Waals surface area contributed by atoms with E-state index in [1.807, 2.05) is 0 Å². The number of rotatable bonds is 6. The number of hydrogen-bond donors (Lipinski definition) is 1. The summed E-state index contributed by atoms with van der Waals surface area (Å²) in [5, 5.41) is 11.3. The maximum absolute atomic E-state index is 13.1. The minimum atomic E-state index is -0.436. The van der Waals surface area contributed by atoms with Gasteiger partial charge < -0.3 is 15.0 Å². The van der Waals surface area contributed by atoms with E-state index in [4.69, 9.17) is 4.74 Å². The highest BCUT2D eigenvalue weighted by atomic mass is 32.2. The molecule has 10 heteroatoms. The number of anilines is 1. The lowest BCUT2D eigenvalue weighted by Crippen LogP contribution is -2.41. The van der Waals surface area contributed by atoms with E-state index in [0.717, 1.165) is 11.3 Å². The van der Waals surface area contributed by atoms with E-state index in [2.05, 4.69) is 15.5 Å². The maximum atomic E-state index is 13.1. The van der Waals surface area contributed by atoms with E-state index in [0.29, 0.717) is 48.5 Å². The molecular formula is C16H17FN4O3S2. The summed E-state index contributed by atoms with van der Waals surface area (Å²) < 4.78 is 18.4. The molecule has 26 heavy (non-hydrogen) atoms. The van der Waals surface area contributed by atoms with E-state index in [9.17, 15) is 14.0 Å². The molecule has 7 nitrogen and oxygen atoms in total. The SMILES string of the molecule is O=C(Nc1cccc(F)c1)c1nnc(CSCC(=O)N2CCOCC2)s1. The molecular weight excluding hydrogens is 379 g/mol. The van der Waals surface area contributed by atoms with E-state index in [1.165, 1.54) is 30.0 Å². The van der Waals surface area contributed by atoms with Gasteiger partial charge in [0.25, 0.3) is 5.91 Å². The zero-order valence-electron chi connectivity index (χ0n) is 13.8. The Labute approximate surface area is 157 Å². The van der Waals surface area contributed by atoms with Gasteiger partial charge in [-0.1, -0.05) is 17.4 Å². The molecule has 1 aromatic carbocycles. The van der Waals surface area contributed by atoms with Crippen molar-refractivity contribution >= 4 is 40.6 Å². The highest BCUT2D eigenvalue weighted by Gasteiger charge is 2.17. The van der Waals surface area contributed by atoms with Gasteiger partial charge in [0.1, 0.15) is 10.8 Å². The van der Waals surface area contributed by atoms with Crippen LogP contribution in [0.4, 0.5) is 10.1 Å². The highest BCUT2D eigenvalue weighted by molar-refractivity contribution is 7.99. The first-order valence-electron chi connectivity index (χ1n) is 7.94. The molecule has 138 valence electrons. The third kappa shape index (κ3) is 5.23. The number of ether oxygens (including phenoxy) is 1. The Balaban J connectivity index is 1.46. The number of carbonyl (C=O) groups excluding carboxylic acids is 2. The van der Waals surface area contributed by atoms with Crippen molar-refractivity contribution in [2.75, 3.05) is 37.4 Å². The van der Waals surface area contributed by atoms with Crippen molar-refractivity contribution in [3.63, 3.8) is 0 Å². The zero-order chi connectivity index (χ0) is 18.4. The van der Waals surface area contributed by atoms with Crippen molar-refractivity contribution in [3.05, 3.63) is 40.1 Å². The van der Waals surface area contributed by atoms with Crippen LogP contribution in [-0.2, 0) is 15.3 Å². The van der Waals surface area contributed by atoms with Gasteiger partial charge in [-0.15, -0.1) is 22.0 Å². The summed E-state index contributed by atoms with van der Waals surface area (Å²) in [5.74, 6) is 0.0634. The first-order valence-corrected chi connectivity index (χ1v) is 9.91. The van der Waals surface area contributed by atoms with Crippen LogP contribution in [0.3, 0.4) is 0 Å². The number of thioether (sulfide) groups is 1. The zero-order valence-corrected chi connectivity index (χ0v) is 15.4. The van der Waals surface area contributed by atoms with Gasteiger partial charge in [-0.2, -0.15) is 0 Å². The third-order valence-corrected chi connectivity index (χ3v) is 5.59. The fourth-order valence-corrected chi connectivity index (χ4v) is 3.99. The number of hydrogen-bond acceptors (Lipinski definition) is 7. The van der Waals surface area contributed by atoms with E-state index in [-0.39, 0.29) is 10.9 Å². The standard InChI is InChI=1S/C16H17FN4O3S2/c17-11-2-1-3-12(8-11)18-15(23)16-20-19-13(26-16)9-25-10-14(22)21-4-6-24-7-5-21/h1-3,8H,4-7,9-10H2,(H,18,23). The summed E-state index contributed by atoms with van der Waals surface area (Å²) >= 11 is 2.59. The quantitative estimate of drug-likeness (QED) is 0.804. The van der Waals surface area contributed by atoms with Gasteiger partial charge in [-0.05, 0) is 18.2 Å². The number of nitrogens with one attached hydrogen (secondary N) is 1. The molecule has 1 aromatic heterocycles. The molecule has 1 aliphatic rings. The van der Waals surface area contributed by atoms with Crippen molar-refractivity contribution < 1.29 is 18.7 Å². The summed E-state index contributed by atoms with van der Waals surface area (Å²) in [4.78, 5) is 26.0. The molecule has 0 bridgehead atoms. The van der Waals surface area contributed by atoms with Crippen LogP contribution in [-0.4, -0.2) is 59.0 Å². The number of halogens is 1. The molecule has 0 unspecified atom stereocenters. The predicted molar refractivity (Wildman–Crippen MR) is 97.8 cm³/mol. The second-order valence-electron chi connectivity index (χ2n) is 5.45. The van der Waals surface area contributed by atoms with Crippen molar-refractivity contribution in [1.29, 1.82) is 0 Å². The molecule has 2 amide bonds. The van der Waals surface area contributed by atoms with Crippen molar-refractivity contribution in [1.82, 2.24) is 15.1 Å². The Hall–Kier alpha value is -2.04. The summed E-state index contributed by atoms with van der Waals surface area (Å²) in [7, 11) is 0. The molecule has 0 spiro atoms. The van der Waals surface area contributed by atoms with Gasteiger partial charge >= 0.3 is 0 Å². The molecule has 2 aromatic rings. The first kappa shape index (κ1) is 18.7. The molecule has 0 radical (unpaired) electrons. The summed E-state index contributed by atoms with van der Waals surface area (Å²) in [6.45, 7) is 2.42. The lowest BCUT2D eigenvalue weighted by Gasteiger charge is -2.26. The second kappa shape index (κ2) is 9.06. The second-order valence-corrected chi connectivity index (χ2v) is 7.50. The normalized spacial score (nSPS) is 14.3. The minimum Gasteiger partial charge on any atom is -0.378 e. The Morgan fingerprint density at radius 2 is 2.12 bits per heavy atom. The average Bonchev–Trinajstić information content (AvgIpc) is 3.11. The lowest BCUT2D eigenvalue weighted by atomic mass is 10.3. The molecule has 1 fully saturated rings. The van der Waals surface area contributed by atoms with Crippen LogP contribution in [0.15, 0.2) is 24.3 Å². The molecule has 3 rings (SSSR count).